The van der Waals surface area contributed by atoms with Crippen molar-refractivity contribution < 1.29 is 29.0 Å². The number of aryl methyl sites for hydroxylation is 1. The molecule has 1 aromatic heterocycles. The maximum Gasteiger partial charge on any atom is 0.246 e. The lowest BCUT2D eigenvalue weighted by Gasteiger charge is -2.35. The van der Waals surface area contributed by atoms with Gasteiger partial charge in [0.2, 0.25) is 23.6 Å². The number of thiazole rings is 1. The number of benzene rings is 4. The van der Waals surface area contributed by atoms with Crippen LogP contribution in [-0.4, -0.2) is 82.3 Å². The van der Waals surface area contributed by atoms with Gasteiger partial charge in [0, 0.05) is 33.0 Å². The number of hydrogen-bond acceptors (Lipinski definition) is 8. The zero-order valence-electron chi connectivity index (χ0n) is 40.0. The fraction of sp³-hybridized carbons (Fsp3) is 0.400. The standard InChI is InChI=1S/C55H67N5O6S/c1-7-46(40-16-11-10-12-17-40)50(41-25-29-44(61)30-26-41)42-27-31-45(32-28-42)66-35-34-59(6)49(63)20-14-9-8-13-19-48(62)58-52(55(3,4)5)54(65)60-33-15-18-47(60)53(64)56-36-39-21-23-43(24-22-39)51-38(2)57-37-67-51/h10-12,16-17,21-32,37,47,52,61H,7-9,13-15,18-20,33-36H2,1-6H3,(H,56,64)(H,58,62)/b50-46-. The lowest BCUT2D eigenvalue weighted by atomic mass is 9.85. The fourth-order valence-electron chi connectivity index (χ4n) is 8.57. The second-order valence-electron chi connectivity index (χ2n) is 18.5. The number of carbonyl (C=O) groups is 4. The minimum atomic E-state index is -0.770. The highest BCUT2D eigenvalue weighted by molar-refractivity contribution is 7.13. The largest absolute Gasteiger partial charge is 0.508 e. The van der Waals surface area contributed by atoms with Crippen LogP contribution in [0.15, 0.2) is 109 Å². The Morgan fingerprint density at radius 3 is 2.15 bits per heavy atom. The molecule has 0 radical (unpaired) electrons. The van der Waals surface area contributed by atoms with Crippen molar-refractivity contribution >= 4 is 46.1 Å². The van der Waals surface area contributed by atoms with Crippen LogP contribution in [-0.2, 0) is 25.7 Å². The van der Waals surface area contributed by atoms with Crippen molar-refractivity contribution in [1.82, 2.24) is 25.4 Å². The van der Waals surface area contributed by atoms with Gasteiger partial charge in [-0.1, -0.05) is 119 Å². The first kappa shape index (κ1) is 50.1. The molecule has 11 nitrogen and oxygen atoms in total. The predicted octanol–water partition coefficient (Wildman–Crippen LogP) is 10.2. The summed E-state index contributed by atoms with van der Waals surface area (Å²) >= 11 is 1.60. The molecule has 1 saturated heterocycles. The van der Waals surface area contributed by atoms with Crippen molar-refractivity contribution in [3.63, 3.8) is 0 Å². The Bertz CT molecular complexity index is 2440. The van der Waals surface area contributed by atoms with Gasteiger partial charge in [0.05, 0.1) is 22.6 Å². The number of likely N-dealkylation sites (tertiary alicyclic amines) is 1. The van der Waals surface area contributed by atoms with Gasteiger partial charge in [-0.05, 0) is 108 Å². The minimum absolute atomic E-state index is 0.0466. The lowest BCUT2D eigenvalue weighted by Crippen LogP contribution is -2.57. The monoisotopic (exact) mass is 925 g/mol. The molecule has 1 fully saturated rings. The van der Waals surface area contributed by atoms with E-state index in [1.54, 1.807) is 40.3 Å². The molecule has 0 spiro atoms. The predicted molar refractivity (Wildman–Crippen MR) is 268 cm³/mol. The Morgan fingerprint density at radius 1 is 0.866 bits per heavy atom. The van der Waals surface area contributed by atoms with Crippen LogP contribution in [0.1, 0.15) is 113 Å². The van der Waals surface area contributed by atoms with Crippen LogP contribution in [0.4, 0.5) is 0 Å². The van der Waals surface area contributed by atoms with E-state index in [4.69, 9.17) is 4.74 Å². The molecule has 0 saturated carbocycles. The minimum Gasteiger partial charge on any atom is -0.508 e. The summed E-state index contributed by atoms with van der Waals surface area (Å²) in [7, 11) is 1.79. The molecule has 12 heteroatoms. The number of carbonyl (C=O) groups excluding carboxylic acids is 4. The number of likely N-dealkylation sites (N-methyl/N-ethyl adjacent to an activating group) is 1. The Balaban J connectivity index is 0.894. The number of amides is 4. The van der Waals surface area contributed by atoms with E-state index >= 15 is 0 Å². The first-order valence-corrected chi connectivity index (χ1v) is 24.5. The van der Waals surface area contributed by atoms with Gasteiger partial charge in [0.25, 0.3) is 0 Å². The Labute approximate surface area is 400 Å². The first-order chi connectivity index (χ1) is 32.2. The summed E-state index contributed by atoms with van der Waals surface area (Å²) in [6.07, 6.45) is 5.76. The molecule has 3 N–H and O–H groups in total. The number of phenols is 1. The van der Waals surface area contributed by atoms with Gasteiger partial charge in [0.15, 0.2) is 0 Å². The molecule has 4 amide bonds. The number of nitrogens with one attached hydrogen (secondary N) is 2. The van der Waals surface area contributed by atoms with Crippen LogP contribution >= 0.6 is 11.3 Å². The number of ether oxygens (including phenoxy) is 1. The van der Waals surface area contributed by atoms with E-state index in [9.17, 15) is 24.3 Å². The topological polar surface area (TPSA) is 141 Å². The zero-order chi connectivity index (χ0) is 47.9. The molecule has 1 aliphatic rings. The third-order valence-corrected chi connectivity index (χ3v) is 13.4. The maximum atomic E-state index is 14.0. The molecule has 2 unspecified atom stereocenters. The summed E-state index contributed by atoms with van der Waals surface area (Å²) in [5.41, 5.74) is 9.84. The van der Waals surface area contributed by atoms with Crippen LogP contribution in [0.5, 0.6) is 11.5 Å². The van der Waals surface area contributed by atoms with Crippen molar-refractivity contribution in [3.05, 3.63) is 137 Å². The molecular formula is C55H67N5O6S. The lowest BCUT2D eigenvalue weighted by molar-refractivity contribution is -0.143. The Kier molecular flexibility index (Phi) is 17.9. The van der Waals surface area contributed by atoms with E-state index in [1.165, 1.54) is 5.57 Å². The molecule has 67 heavy (non-hydrogen) atoms. The van der Waals surface area contributed by atoms with Gasteiger partial charge in [-0.25, -0.2) is 4.98 Å². The van der Waals surface area contributed by atoms with Crippen molar-refractivity contribution in [3.8, 4) is 21.9 Å². The van der Waals surface area contributed by atoms with Crippen LogP contribution in [0.3, 0.4) is 0 Å². The first-order valence-electron chi connectivity index (χ1n) is 23.7. The quantitative estimate of drug-likeness (QED) is 0.0492. The van der Waals surface area contributed by atoms with Crippen LogP contribution in [0.25, 0.3) is 21.6 Å². The molecule has 2 heterocycles. The number of phenolic OH excluding ortho intramolecular Hbond substituents is 1. The van der Waals surface area contributed by atoms with Crippen molar-refractivity contribution in [1.29, 1.82) is 0 Å². The van der Waals surface area contributed by atoms with Gasteiger partial charge in [-0.3, -0.25) is 19.2 Å². The highest BCUT2D eigenvalue weighted by atomic mass is 32.1. The van der Waals surface area contributed by atoms with Gasteiger partial charge in [0.1, 0.15) is 30.2 Å². The number of aromatic hydroxyl groups is 1. The van der Waals surface area contributed by atoms with Crippen LogP contribution in [0, 0.1) is 12.3 Å². The van der Waals surface area contributed by atoms with E-state index < -0.39 is 17.5 Å². The number of nitrogens with zero attached hydrogens (tertiary/aromatic N) is 3. The molecule has 6 rings (SSSR count). The maximum absolute atomic E-state index is 14.0. The molecule has 5 aromatic rings. The van der Waals surface area contributed by atoms with Gasteiger partial charge < -0.3 is 30.3 Å². The summed E-state index contributed by atoms with van der Waals surface area (Å²) in [6, 6.07) is 32.4. The molecule has 1 aliphatic heterocycles. The van der Waals surface area contributed by atoms with Crippen LogP contribution in [0.2, 0.25) is 0 Å². The number of allylic oxidation sites excluding steroid dienone is 1. The van der Waals surface area contributed by atoms with Crippen LogP contribution < -0.4 is 15.4 Å². The van der Waals surface area contributed by atoms with Crippen molar-refractivity contribution in [2.45, 2.75) is 111 Å². The normalized spacial score (nSPS) is 14.5. The van der Waals surface area contributed by atoms with Gasteiger partial charge >= 0.3 is 0 Å². The van der Waals surface area contributed by atoms with Gasteiger partial charge in [-0.2, -0.15) is 0 Å². The SMILES string of the molecule is CC/C(=C(\c1ccc(O)cc1)c1ccc(OCCN(C)C(=O)CCCCCCC(=O)NC(C(=O)N2CCCC2C(=O)NCc2ccc(-c3scnc3C)cc2)C(C)(C)C)cc1)c1ccccc1. The van der Waals surface area contributed by atoms with E-state index in [0.29, 0.717) is 51.9 Å². The molecule has 354 valence electrons. The Hall–Kier alpha value is -6.27. The summed E-state index contributed by atoms with van der Waals surface area (Å²) in [6.45, 7) is 11.6. The third kappa shape index (κ3) is 13.9. The van der Waals surface area contributed by atoms with E-state index in [-0.39, 0.29) is 35.8 Å². The molecule has 4 aromatic carbocycles. The fourth-order valence-corrected chi connectivity index (χ4v) is 9.38. The third-order valence-electron chi connectivity index (χ3n) is 12.4. The van der Waals surface area contributed by atoms with Crippen molar-refractivity contribution in [2.24, 2.45) is 5.41 Å². The summed E-state index contributed by atoms with van der Waals surface area (Å²) in [4.78, 5) is 62.4. The number of rotatable bonds is 21. The summed E-state index contributed by atoms with van der Waals surface area (Å²) in [5.74, 6) is 0.378. The average molecular weight is 926 g/mol. The molecule has 0 bridgehead atoms. The second-order valence-corrected chi connectivity index (χ2v) is 19.3. The van der Waals surface area contributed by atoms with E-state index in [0.717, 1.165) is 75.4 Å². The molecule has 0 aliphatic carbocycles. The molecular weight excluding hydrogens is 859 g/mol. The zero-order valence-corrected chi connectivity index (χ0v) is 40.8. The van der Waals surface area contributed by atoms with E-state index in [2.05, 4.69) is 46.8 Å². The Morgan fingerprint density at radius 2 is 1.52 bits per heavy atom. The average Bonchev–Trinajstić information content (AvgIpc) is 4.00. The highest BCUT2D eigenvalue weighted by Crippen LogP contribution is 2.36. The smallest absolute Gasteiger partial charge is 0.246 e. The molecule has 2 atom stereocenters. The van der Waals surface area contributed by atoms with E-state index in [1.807, 2.05) is 99.9 Å². The number of aromatic nitrogens is 1. The summed E-state index contributed by atoms with van der Waals surface area (Å²) < 4.78 is 6.06. The second kappa shape index (κ2) is 24.0. The van der Waals surface area contributed by atoms with Crippen molar-refractivity contribution in [2.75, 3.05) is 26.7 Å². The number of hydrogen-bond donors (Lipinski definition) is 3. The highest BCUT2D eigenvalue weighted by Gasteiger charge is 2.41. The number of unbranched alkanes of at least 4 members (excludes halogenated alkanes) is 3. The summed E-state index contributed by atoms with van der Waals surface area (Å²) in [5, 5.41) is 16.0. The van der Waals surface area contributed by atoms with Gasteiger partial charge in [-0.15, -0.1) is 11.3 Å².